The summed E-state index contributed by atoms with van der Waals surface area (Å²) in [6.07, 6.45) is 3.71. The highest BCUT2D eigenvalue weighted by molar-refractivity contribution is 6.31. The number of halogens is 1. The molecule has 0 bridgehead atoms. The van der Waals surface area contributed by atoms with Gasteiger partial charge in [-0.1, -0.05) is 31.0 Å². The SMILES string of the molecule is CCCN(CC(=O)N1CC(=O)N(c2cccc(Cl)c2C)C1)C(=O)C1CCC1. The van der Waals surface area contributed by atoms with E-state index in [0.717, 1.165) is 36.9 Å². The van der Waals surface area contributed by atoms with Crippen LogP contribution in [-0.2, 0) is 14.4 Å². The van der Waals surface area contributed by atoms with Crippen molar-refractivity contribution in [2.24, 2.45) is 5.92 Å². The molecule has 1 aromatic rings. The Hall–Kier alpha value is -2.08. The molecule has 3 amide bonds. The smallest absolute Gasteiger partial charge is 0.248 e. The van der Waals surface area contributed by atoms with Crippen molar-refractivity contribution in [1.82, 2.24) is 9.80 Å². The van der Waals surface area contributed by atoms with Gasteiger partial charge in [-0.3, -0.25) is 19.3 Å². The molecule has 2 fully saturated rings. The molecule has 0 N–H and O–H groups in total. The van der Waals surface area contributed by atoms with E-state index in [2.05, 4.69) is 0 Å². The van der Waals surface area contributed by atoms with Gasteiger partial charge >= 0.3 is 0 Å². The lowest BCUT2D eigenvalue weighted by Crippen LogP contribution is -2.46. The predicted octanol–water partition coefficient (Wildman–Crippen LogP) is 2.82. The van der Waals surface area contributed by atoms with Crippen LogP contribution in [0.4, 0.5) is 5.69 Å². The van der Waals surface area contributed by atoms with E-state index in [9.17, 15) is 14.4 Å². The molecular formula is C20H26ClN3O3. The van der Waals surface area contributed by atoms with Gasteiger partial charge in [-0.15, -0.1) is 0 Å². The lowest BCUT2D eigenvalue weighted by atomic mass is 9.84. The Balaban J connectivity index is 1.67. The van der Waals surface area contributed by atoms with Crippen molar-refractivity contribution < 1.29 is 14.4 Å². The summed E-state index contributed by atoms with van der Waals surface area (Å²) < 4.78 is 0. The third-order valence-corrected chi connectivity index (χ3v) is 5.82. The quantitative estimate of drug-likeness (QED) is 0.749. The zero-order valence-electron chi connectivity index (χ0n) is 15.9. The Labute approximate surface area is 165 Å². The van der Waals surface area contributed by atoms with Gasteiger partial charge in [0, 0.05) is 23.2 Å². The van der Waals surface area contributed by atoms with Gasteiger partial charge in [0.05, 0.1) is 6.54 Å². The Bertz CT molecular complexity index is 748. The molecule has 1 aliphatic carbocycles. The van der Waals surface area contributed by atoms with Crippen molar-refractivity contribution >= 4 is 35.0 Å². The number of hydrogen-bond acceptors (Lipinski definition) is 3. The number of anilines is 1. The normalized spacial score (nSPS) is 17.2. The van der Waals surface area contributed by atoms with Crippen LogP contribution >= 0.6 is 11.6 Å². The third kappa shape index (κ3) is 4.10. The average Bonchev–Trinajstić information content (AvgIpc) is 2.97. The fraction of sp³-hybridized carbons (Fsp3) is 0.550. The Morgan fingerprint density at radius 3 is 2.67 bits per heavy atom. The van der Waals surface area contributed by atoms with Crippen LogP contribution in [0.25, 0.3) is 0 Å². The molecule has 27 heavy (non-hydrogen) atoms. The molecule has 1 aliphatic heterocycles. The van der Waals surface area contributed by atoms with E-state index in [1.54, 1.807) is 21.9 Å². The van der Waals surface area contributed by atoms with E-state index in [1.165, 1.54) is 4.90 Å². The van der Waals surface area contributed by atoms with E-state index in [0.29, 0.717) is 11.6 Å². The Morgan fingerprint density at radius 2 is 2.04 bits per heavy atom. The standard InChI is InChI=1S/C20H26ClN3O3/c1-3-10-22(20(27)15-6-4-7-15)11-18(25)23-12-19(26)24(13-23)17-9-5-8-16(21)14(17)2/h5,8-9,15H,3-4,6-7,10-13H2,1-2H3. The molecule has 1 saturated heterocycles. The number of rotatable bonds is 6. The highest BCUT2D eigenvalue weighted by Crippen LogP contribution is 2.30. The first-order chi connectivity index (χ1) is 12.9. The molecular weight excluding hydrogens is 366 g/mol. The number of hydrogen-bond donors (Lipinski definition) is 0. The fourth-order valence-corrected chi connectivity index (χ4v) is 3.70. The number of amides is 3. The van der Waals surface area contributed by atoms with E-state index in [-0.39, 0.29) is 43.4 Å². The first kappa shape index (κ1) is 19.7. The minimum Gasteiger partial charge on any atom is -0.333 e. The van der Waals surface area contributed by atoms with Crippen LogP contribution in [0.15, 0.2) is 18.2 Å². The molecule has 0 aromatic heterocycles. The molecule has 1 heterocycles. The fourth-order valence-electron chi connectivity index (χ4n) is 3.53. The second-order valence-corrected chi connectivity index (χ2v) is 7.73. The van der Waals surface area contributed by atoms with Gasteiger partial charge in [-0.2, -0.15) is 0 Å². The van der Waals surface area contributed by atoms with Crippen LogP contribution in [0.3, 0.4) is 0 Å². The highest BCUT2D eigenvalue weighted by atomic mass is 35.5. The molecule has 146 valence electrons. The van der Waals surface area contributed by atoms with Gasteiger partial charge in [0.1, 0.15) is 13.2 Å². The minimum atomic E-state index is -0.188. The van der Waals surface area contributed by atoms with Gasteiger partial charge < -0.3 is 9.80 Å². The Kier molecular flexibility index (Phi) is 6.05. The number of nitrogens with zero attached hydrogens (tertiary/aromatic N) is 3. The van der Waals surface area contributed by atoms with E-state index in [4.69, 9.17) is 11.6 Å². The molecule has 0 unspecified atom stereocenters. The van der Waals surface area contributed by atoms with Crippen LogP contribution in [0, 0.1) is 12.8 Å². The molecule has 1 aromatic carbocycles. The van der Waals surface area contributed by atoms with E-state index in [1.807, 2.05) is 19.9 Å². The maximum atomic E-state index is 12.8. The first-order valence-corrected chi connectivity index (χ1v) is 9.92. The first-order valence-electron chi connectivity index (χ1n) is 9.54. The topological polar surface area (TPSA) is 60.9 Å². The molecule has 3 rings (SSSR count). The average molecular weight is 392 g/mol. The third-order valence-electron chi connectivity index (χ3n) is 5.41. The lowest BCUT2D eigenvalue weighted by molar-refractivity contribution is -0.144. The molecule has 0 spiro atoms. The van der Waals surface area contributed by atoms with Crippen LogP contribution in [0.2, 0.25) is 5.02 Å². The lowest BCUT2D eigenvalue weighted by Gasteiger charge is -2.32. The number of carbonyl (C=O) groups is 3. The number of carbonyl (C=O) groups excluding carboxylic acids is 3. The summed E-state index contributed by atoms with van der Waals surface area (Å²) in [6, 6.07) is 5.40. The second-order valence-electron chi connectivity index (χ2n) is 7.33. The highest BCUT2D eigenvalue weighted by Gasteiger charge is 2.35. The second kappa shape index (κ2) is 8.30. The maximum absolute atomic E-state index is 12.8. The zero-order valence-corrected chi connectivity index (χ0v) is 16.7. The molecule has 1 saturated carbocycles. The van der Waals surface area contributed by atoms with Crippen molar-refractivity contribution in [3.8, 4) is 0 Å². The van der Waals surface area contributed by atoms with E-state index >= 15 is 0 Å². The molecule has 0 radical (unpaired) electrons. The van der Waals surface area contributed by atoms with Gasteiger partial charge in [-0.05, 0) is 43.9 Å². The van der Waals surface area contributed by atoms with Gasteiger partial charge in [0.2, 0.25) is 17.7 Å². The number of benzene rings is 1. The van der Waals surface area contributed by atoms with Gasteiger partial charge in [0.25, 0.3) is 0 Å². The van der Waals surface area contributed by atoms with Crippen LogP contribution in [-0.4, -0.2) is 53.8 Å². The monoisotopic (exact) mass is 391 g/mol. The summed E-state index contributed by atoms with van der Waals surface area (Å²) in [7, 11) is 0. The van der Waals surface area contributed by atoms with Crippen molar-refractivity contribution in [3.63, 3.8) is 0 Å². The van der Waals surface area contributed by atoms with Crippen molar-refractivity contribution in [2.45, 2.75) is 39.5 Å². The maximum Gasteiger partial charge on any atom is 0.248 e. The molecule has 7 heteroatoms. The Morgan fingerprint density at radius 1 is 1.30 bits per heavy atom. The van der Waals surface area contributed by atoms with Crippen LogP contribution in [0.1, 0.15) is 38.2 Å². The summed E-state index contributed by atoms with van der Waals surface area (Å²) in [5, 5.41) is 0.588. The predicted molar refractivity (Wildman–Crippen MR) is 104 cm³/mol. The van der Waals surface area contributed by atoms with Crippen LogP contribution in [0.5, 0.6) is 0 Å². The summed E-state index contributed by atoms with van der Waals surface area (Å²) in [5.41, 5.74) is 1.54. The van der Waals surface area contributed by atoms with Crippen molar-refractivity contribution in [3.05, 3.63) is 28.8 Å². The molecule has 0 atom stereocenters. The minimum absolute atomic E-state index is 0.0301. The van der Waals surface area contributed by atoms with Crippen molar-refractivity contribution in [2.75, 3.05) is 31.2 Å². The van der Waals surface area contributed by atoms with E-state index < -0.39 is 0 Å². The van der Waals surface area contributed by atoms with Gasteiger partial charge in [-0.25, -0.2) is 0 Å². The zero-order chi connectivity index (χ0) is 19.6. The summed E-state index contributed by atoms with van der Waals surface area (Å²) in [5.74, 6) is -0.188. The summed E-state index contributed by atoms with van der Waals surface area (Å²) in [6.45, 7) is 4.68. The van der Waals surface area contributed by atoms with Crippen molar-refractivity contribution in [1.29, 1.82) is 0 Å². The van der Waals surface area contributed by atoms with Gasteiger partial charge in [0.15, 0.2) is 0 Å². The molecule has 2 aliphatic rings. The summed E-state index contributed by atoms with van der Waals surface area (Å²) in [4.78, 5) is 42.5. The molecule has 6 nitrogen and oxygen atoms in total. The van der Waals surface area contributed by atoms with Crippen LogP contribution < -0.4 is 4.90 Å². The summed E-state index contributed by atoms with van der Waals surface area (Å²) >= 11 is 6.16. The largest absolute Gasteiger partial charge is 0.333 e.